The maximum atomic E-state index is 14.2. The molecule has 2 unspecified atom stereocenters. The van der Waals surface area contributed by atoms with Crippen molar-refractivity contribution in [3.8, 4) is 5.75 Å². The number of phenols is 1. The first-order valence-corrected chi connectivity index (χ1v) is 16.4. The van der Waals surface area contributed by atoms with Crippen LogP contribution in [0.2, 0.25) is 0 Å². The number of phenolic OH excluding ortho intramolecular Hbond substituents is 1. The first-order chi connectivity index (χ1) is 21.5. The lowest BCUT2D eigenvalue weighted by Crippen LogP contribution is -2.65. The van der Waals surface area contributed by atoms with Crippen LogP contribution in [0.4, 0.5) is 5.69 Å². The number of benzene rings is 1. The Morgan fingerprint density at radius 2 is 1.72 bits per heavy atom. The molecule has 6 aliphatic carbocycles. The topological polar surface area (TPSA) is 168 Å². The highest BCUT2D eigenvalue weighted by Crippen LogP contribution is 2.64. The Balaban J connectivity index is 1.42. The third-order valence-electron chi connectivity index (χ3n) is 12.3. The number of carbonyl (C=O) groups is 3. The molecule has 1 aromatic rings. The Bertz CT molecular complexity index is 1590. The van der Waals surface area contributed by atoms with Gasteiger partial charge in [-0.25, -0.2) is 0 Å². The molecule has 6 aliphatic rings. The molecule has 2 bridgehead atoms. The van der Waals surface area contributed by atoms with Crippen LogP contribution >= 0.6 is 0 Å². The number of aliphatic hydroxyl groups excluding tert-OH is 2. The number of anilines is 1. The van der Waals surface area contributed by atoms with E-state index in [4.69, 9.17) is 5.73 Å². The Morgan fingerprint density at radius 3 is 2.24 bits per heavy atom. The van der Waals surface area contributed by atoms with E-state index in [0.29, 0.717) is 23.4 Å². The van der Waals surface area contributed by atoms with Crippen LogP contribution < -0.4 is 10.6 Å². The molecular weight excluding hydrogens is 588 g/mol. The number of aromatic hydroxyl groups is 1. The van der Waals surface area contributed by atoms with Gasteiger partial charge < -0.3 is 31.1 Å². The van der Waals surface area contributed by atoms with E-state index in [9.17, 15) is 34.8 Å². The summed E-state index contributed by atoms with van der Waals surface area (Å²) in [5.74, 6) is -4.32. The van der Waals surface area contributed by atoms with Gasteiger partial charge in [-0.1, -0.05) is 20.8 Å². The molecule has 11 nitrogen and oxygen atoms in total. The van der Waals surface area contributed by atoms with Crippen molar-refractivity contribution in [1.82, 2.24) is 9.80 Å². The van der Waals surface area contributed by atoms with E-state index < -0.39 is 58.0 Å². The van der Waals surface area contributed by atoms with Crippen molar-refractivity contribution in [3.05, 3.63) is 39.7 Å². The molecule has 11 heteroatoms. The zero-order valence-electron chi connectivity index (χ0n) is 27.9. The number of nitrogens with zero attached hydrogens (tertiary/aromatic N) is 3. The van der Waals surface area contributed by atoms with E-state index >= 15 is 0 Å². The minimum atomic E-state index is -2.65. The molecule has 0 spiro atoms. The van der Waals surface area contributed by atoms with Gasteiger partial charge in [0, 0.05) is 44.4 Å². The normalized spacial score (nSPS) is 32.8. The fraction of sp³-hybridized carbons (Fsp3) is 0.629. The second-order valence-electron chi connectivity index (χ2n) is 15.3. The van der Waals surface area contributed by atoms with Gasteiger partial charge in [0.1, 0.15) is 22.8 Å². The number of amides is 1. The number of carbonyl (C=O) groups excluding carboxylic acids is 3. The van der Waals surface area contributed by atoms with Crippen LogP contribution in [-0.2, 0) is 27.3 Å². The van der Waals surface area contributed by atoms with Gasteiger partial charge in [0.05, 0.1) is 11.6 Å². The first kappa shape index (κ1) is 32.5. The van der Waals surface area contributed by atoms with Crippen molar-refractivity contribution in [2.24, 2.45) is 40.7 Å². The number of primary amides is 1. The van der Waals surface area contributed by atoms with Crippen LogP contribution in [0.5, 0.6) is 5.75 Å². The quantitative estimate of drug-likeness (QED) is 0.268. The third kappa shape index (κ3) is 4.37. The zero-order chi connectivity index (χ0) is 33.8. The van der Waals surface area contributed by atoms with E-state index in [0.717, 1.165) is 36.2 Å². The minimum absolute atomic E-state index is 0.0602. The third-order valence-corrected chi connectivity index (χ3v) is 12.3. The Labute approximate surface area is 270 Å². The van der Waals surface area contributed by atoms with Crippen molar-refractivity contribution in [1.29, 1.82) is 0 Å². The fourth-order valence-electron chi connectivity index (χ4n) is 9.91. The summed E-state index contributed by atoms with van der Waals surface area (Å²) in [4.78, 5) is 45.7. The number of rotatable bonds is 8. The van der Waals surface area contributed by atoms with Crippen LogP contribution in [0.25, 0.3) is 5.76 Å². The average molecular weight is 637 g/mol. The lowest BCUT2D eigenvalue weighted by atomic mass is 9.57. The van der Waals surface area contributed by atoms with Crippen molar-refractivity contribution in [2.75, 3.05) is 46.2 Å². The van der Waals surface area contributed by atoms with Crippen LogP contribution in [0.1, 0.15) is 56.7 Å². The molecular formula is C35H48N4O7. The molecule has 1 aromatic carbocycles. The second-order valence-corrected chi connectivity index (χ2v) is 15.3. The monoisotopic (exact) mass is 636 g/mol. The van der Waals surface area contributed by atoms with Crippen molar-refractivity contribution in [2.45, 2.75) is 64.6 Å². The van der Waals surface area contributed by atoms with Gasteiger partial charge in [0.15, 0.2) is 11.4 Å². The Kier molecular flexibility index (Phi) is 7.65. The van der Waals surface area contributed by atoms with E-state index in [1.165, 1.54) is 17.7 Å². The standard InChI is InChI=1S/C35H48N4O7/c1-8-39(14-17-9-19-13-21(17)34(19,2)3)15-18-12-23(40)25-20(27(18)37(4)5)10-16-11-22-28(38(6)7)30(42)26(33(36)45)32(44)35(22,46)31(43)24(16)29(25)41/h12,16-17,19,21-22,28,40-41,44,46H,8-11,13-15H2,1-7H3,(H2,36,45)/t16-,17+,19?,21?,22-,28-,35-/m0/s1. The molecule has 250 valence electrons. The summed E-state index contributed by atoms with van der Waals surface area (Å²) in [5, 5.41) is 46.1. The molecule has 0 aromatic heterocycles. The van der Waals surface area contributed by atoms with Gasteiger partial charge in [-0.15, -0.1) is 0 Å². The predicted octanol–water partition coefficient (Wildman–Crippen LogP) is 2.53. The maximum Gasteiger partial charge on any atom is 0.255 e. The van der Waals surface area contributed by atoms with Gasteiger partial charge in [-0.3, -0.25) is 24.2 Å². The van der Waals surface area contributed by atoms with Crippen LogP contribution in [0.3, 0.4) is 0 Å². The summed E-state index contributed by atoms with van der Waals surface area (Å²) < 4.78 is 0. The number of hydrogen-bond acceptors (Lipinski definition) is 10. The summed E-state index contributed by atoms with van der Waals surface area (Å²) >= 11 is 0. The molecule has 46 heavy (non-hydrogen) atoms. The van der Waals surface area contributed by atoms with E-state index in [1.807, 2.05) is 19.0 Å². The summed E-state index contributed by atoms with van der Waals surface area (Å²) in [6.45, 7) is 9.34. The van der Waals surface area contributed by atoms with Gasteiger partial charge in [0.2, 0.25) is 5.78 Å². The molecule has 0 saturated heterocycles. The van der Waals surface area contributed by atoms with Crippen LogP contribution in [-0.4, -0.2) is 101 Å². The largest absolute Gasteiger partial charge is 0.508 e. The number of aliphatic hydroxyl groups is 3. The fourth-order valence-corrected chi connectivity index (χ4v) is 9.91. The van der Waals surface area contributed by atoms with E-state index in [1.54, 1.807) is 20.2 Å². The van der Waals surface area contributed by atoms with Crippen molar-refractivity contribution >= 4 is 28.9 Å². The van der Waals surface area contributed by atoms with Crippen LogP contribution in [0.15, 0.2) is 23.0 Å². The molecule has 4 fully saturated rings. The van der Waals surface area contributed by atoms with Crippen LogP contribution in [0, 0.1) is 35.0 Å². The summed E-state index contributed by atoms with van der Waals surface area (Å²) in [7, 11) is 7.02. The highest BCUT2D eigenvalue weighted by Gasteiger charge is 2.64. The molecule has 0 heterocycles. The van der Waals surface area contributed by atoms with Gasteiger partial charge >= 0.3 is 0 Å². The lowest BCUT2D eigenvalue weighted by Gasteiger charge is -2.50. The maximum absolute atomic E-state index is 14.2. The van der Waals surface area contributed by atoms with Crippen molar-refractivity contribution < 1.29 is 34.8 Å². The highest BCUT2D eigenvalue weighted by molar-refractivity contribution is 6.24. The number of fused-ring (bicyclic) bond motifs is 4. The van der Waals surface area contributed by atoms with E-state index in [-0.39, 0.29) is 29.7 Å². The lowest BCUT2D eigenvalue weighted by molar-refractivity contribution is -0.153. The smallest absolute Gasteiger partial charge is 0.255 e. The molecule has 1 amide bonds. The number of nitrogens with two attached hydrogens (primary N) is 1. The Hall–Kier alpha value is -3.41. The summed E-state index contributed by atoms with van der Waals surface area (Å²) in [6.07, 6.45) is 2.87. The molecule has 6 N–H and O–H groups in total. The molecule has 0 radical (unpaired) electrons. The molecule has 7 atom stereocenters. The molecule has 4 saturated carbocycles. The van der Waals surface area contributed by atoms with E-state index in [2.05, 4.69) is 25.7 Å². The summed E-state index contributed by atoms with van der Waals surface area (Å²) in [5.41, 5.74) is 4.78. The zero-order valence-corrected chi connectivity index (χ0v) is 27.9. The van der Waals surface area contributed by atoms with Gasteiger partial charge in [-0.2, -0.15) is 0 Å². The van der Waals surface area contributed by atoms with Gasteiger partial charge in [-0.05, 0) is 92.6 Å². The van der Waals surface area contributed by atoms with Crippen molar-refractivity contribution in [3.63, 3.8) is 0 Å². The summed E-state index contributed by atoms with van der Waals surface area (Å²) in [6, 6.07) is 0.538. The molecule has 7 rings (SSSR count). The number of ketones is 2. The predicted molar refractivity (Wildman–Crippen MR) is 173 cm³/mol. The SMILES string of the molecule is CCN(Cc1cc(O)c2c(c1N(C)C)C[C@H]1C[C@H]3[C@H](N(C)C)C(=O)C(C(N)=O)=C(O)[C@@]3(O)C(=O)C1=C2O)C[C@H]1CC2CC1C2(C)C. The number of likely N-dealkylation sites (N-methyl/N-ethyl adjacent to an activating group) is 1. The van der Waals surface area contributed by atoms with Gasteiger partial charge in [0.25, 0.3) is 5.91 Å². The number of Topliss-reactive ketones (excluding diaryl/α,β-unsaturated/α-hetero) is 2. The molecule has 0 aliphatic heterocycles. The minimum Gasteiger partial charge on any atom is -0.508 e. The Morgan fingerprint density at radius 1 is 1.04 bits per heavy atom. The number of hydrogen-bond donors (Lipinski definition) is 5. The average Bonchev–Trinajstić information content (AvgIpc) is 3.50. The highest BCUT2D eigenvalue weighted by atomic mass is 16.3. The first-order valence-electron chi connectivity index (χ1n) is 16.4. The second kappa shape index (κ2) is 10.8.